The molecule has 0 saturated carbocycles. The van der Waals surface area contributed by atoms with Gasteiger partial charge in [0.25, 0.3) is 0 Å². The molecule has 2 aromatic carbocycles. The van der Waals surface area contributed by atoms with Gasteiger partial charge in [0, 0.05) is 16.3 Å². The largest absolute Gasteiger partial charge is 0.469 e. The molecule has 220 valence electrons. The molecule has 40 heavy (non-hydrogen) atoms. The van der Waals surface area contributed by atoms with E-state index in [-0.39, 0.29) is 12.5 Å². The van der Waals surface area contributed by atoms with Gasteiger partial charge in [0.15, 0.2) is 0 Å². The molecule has 0 aromatic heterocycles. The monoisotopic (exact) mass is 571 g/mol. The number of esters is 2. The number of carbonyl (C=O) groups is 3. The van der Waals surface area contributed by atoms with Crippen LogP contribution in [-0.2, 0) is 30.3 Å². The molecule has 2 unspecified atom stereocenters. The van der Waals surface area contributed by atoms with E-state index < -0.39 is 18.0 Å². The summed E-state index contributed by atoms with van der Waals surface area (Å²) in [5.41, 5.74) is 2.75. The average Bonchev–Trinajstić information content (AvgIpc) is 2.98. The number of aliphatic hydroxyl groups is 1. The second-order valence-electron chi connectivity index (χ2n) is 10.0. The summed E-state index contributed by atoms with van der Waals surface area (Å²) in [5, 5.41) is 10.7. The van der Waals surface area contributed by atoms with Crippen molar-refractivity contribution in [2.75, 3.05) is 31.4 Å². The number of thioether (sulfide) groups is 1. The van der Waals surface area contributed by atoms with Crippen molar-refractivity contribution in [3.8, 4) is 0 Å². The zero-order valence-electron chi connectivity index (χ0n) is 24.2. The van der Waals surface area contributed by atoms with Gasteiger partial charge in [-0.05, 0) is 55.0 Å². The van der Waals surface area contributed by atoms with Crippen LogP contribution < -0.4 is 4.90 Å². The third-order valence-electron chi connectivity index (χ3n) is 6.97. The number of aliphatic hydroxyl groups excluding tert-OH is 1. The minimum atomic E-state index is -0.630. The summed E-state index contributed by atoms with van der Waals surface area (Å²) in [6, 6.07) is 15.4. The zero-order valence-corrected chi connectivity index (χ0v) is 25.0. The lowest BCUT2D eigenvalue weighted by Crippen LogP contribution is -2.29. The summed E-state index contributed by atoms with van der Waals surface area (Å²) in [6.07, 6.45) is 10.9. The first-order valence-electron chi connectivity index (χ1n) is 14.3. The molecule has 1 N–H and O–H groups in total. The van der Waals surface area contributed by atoms with Crippen molar-refractivity contribution in [3.05, 3.63) is 59.7 Å². The van der Waals surface area contributed by atoms with Crippen molar-refractivity contribution in [3.63, 3.8) is 0 Å². The fourth-order valence-electron chi connectivity index (χ4n) is 4.55. The molecule has 7 nitrogen and oxygen atoms in total. The van der Waals surface area contributed by atoms with Gasteiger partial charge in [0.1, 0.15) is 6.54 Å². The van der Waals surface area contributed by atoms with Crippen LogP contribution in [0.5, 0.6) is 0 Å². The molecule has 2 aromatic rings. The Hall–Kier alpha value is -2.84. The molecule has 0 aliphatic heterocycles. The van der Waals surface area contributed by atoms with E-state index in [0.717, 1.165) is 16.9 Å². The summed E-state index contributed by atoms with van der Waals surface area (Å²) in [4.78, 5) is 37.7. The first-order chi connectivity index (χ1) is 19.4. The molecule has 1 amide bonds. The minimum absolute atomic E-state index is 0.175. The number of methoxy groups -OCH3 is 2. The number of unbranched alkanes of at least 4 members (excludes halogenated alkanes) is 6. The van der Waals surface area contributed by atoms with Crippen LogP contribution >= 0.6 is 11.8 Å². The Kier molecular flexibility index (Phi) is 16.1. The van der Waals surface area contributed by atoms with Crippen LogP contribution in [0.15, 0.2) is 53.4 Å². The van der Waals surface area contributed by atoms with Gasteiger partial charge in [-0.25, -0.2) is 0 Å². The molecule has 0 saturated heterocycles. The summed E-state index contributed by atoms with van der Waals surface area (Å²) in [6.45, 7) is 2.06. The number of anilines is 1. The van der Waals surface area contributed by atoms with E-state index in [1.54, 1.807) is 18.2 Å². The van der Waals surface area contributed by atoms with Crippen LogP contribution in [0.2, 0.25) is 0 Å². The van der Waals surface area contributed by atoms with E-state index in [2.05, 4.69) is 23.8 Å². The second-order valence-corrected chi connectivity index (χ2v) is 11.1. The van der Waals surface area contributed by atoms with Gasteiger partial charge >= 0.3 is 11.9 Å². The van der Waals surface area contributed by atoms with Crippen molar-refractivity contribution < 1.29 is 29.0 Å². The van der Waals surface area contributed by atoms with Gasteiger partial charge < -0.3 is 19.5 Å². The van der Waals surface area contributed by atoms with E-state index in [4.69, 9.17) is 4.74 Å². The van der Waals surface area contributed by atoms with Crippen molar-refractivity contribution in [2.24, 2.45) is 0 Å². The van der Waals surface area contributed by atoms with Crippen molar-refractivity contribution in [2.45, 2.75) is 88.0 Å². The Balaban J connectivity index is 1.86. The minimum Gasteiger partial charge on any atom is -0.469 e. The maximum absolute atomic E-state index is 12.6. The molecule has 0 heterocycles. The quantitative estimate of drug-likeness (QED) is 0.0862. The fourth-order valence-corrected chi connectivity index (χ4v) is 5.48. The smallest absolute Gasteiger partial charge is 0.325 e. The second kappa shape index (κ2) is 19.3. The average molecular weight is 572 g/mol. The van der Waals surface area contributed by atoms with Crippen molar-refractivity contribution in [1.29, 1.82) is 0 Å². The Morgan fingerprint density at radius 1 is 0.950 bits per heavy atom. The number of nitrogens with zero attached hydrogens (tertiary/aromatic N) is 1. The Morgan fingerprint density at radius 2 is 1.65 bits per heavy atom. The molecule has 2 atom stereocenters. The van der Waals surface area contributed by atoms with Gasteiger partial charge in [-0.1, -0.05) is 75.8 Å². The normalized spacial score (nSPS) is 12.4. The number of aryl methyl sites for hydroxylation is 1. The summed E-state index contributed by atoms with van der Waals surface area (Å²) in [5.74, 6) is -0.817. The number of benzene rings is 2. The number of ether oxygens (including phenoxy) is 2. The number of amides is 1. The predicted molar refractivity (Wildman–Crippen MR) is 161 cm³/mol. The van der Waals surface area contributed by atoms with Gasteiger partial charge in [0.05, 0.1) is 26.2 Å². The molecule has 0 aliphatic rings. The number of carbonyl (C=O) groups excluding carboxylic acids is 3. The van der Waals surface area contributed by atoms with Crippen LogP contribution in [0, 0.1) is 0 Å². The maximum atomic E-state index is 12.6. The summed E-state index contributed by atoms with van der Waals surface area (Å²) < 4.78 is 9.71. The van der Waals surface area contributed by atoms with Crippen LogP contribution in [0.1, 0.15) is 81.8 Å². The highest BCUT2D eigenvalue weighted by Crippen LogP contribution is 2.28. The highest BCUT2D eigenvalue weighted by molar-refractivity contribution is 7.99. The van der Waals surface area contributed by atoms with Gasteiger partial charge in [-0.3, -0.25) is 14.4 Å². The molecular weight excluding hydrogens is 526 g/mol. The van der Waals surface area contributed by atoms with E-state index >= 15 is 0 Å². The molecule has 0 radical (unpaired) electrons. The molecule has 0 fully saturated rings. The predicted octanol–water partition coefficient (Wildman–Crippen LogP) is 6.31. The summed E-state index contributed by atoms with van der Waals surface area (Å²) in [7, 11) is 2.67. The van der Waals surface area contributed by atoms with Crippen LogP contribution in [0.4, 0.5) is 5.69 Å². The Bertz CT molecular complexity index is 1030. The summed E-state index contributed by atoms with van der Waals surface area (Å²) >= 11 is 1.45. The first-order valence-corrected chi connectivity index (χ1v) is 15.3. The molecular formula is C32H45NO6S. The zero-order chi connectivity index (χ0) is 29.2. The number of hydrogen-bond acceptors (Lipinski definition) is 7. The highest BCUT2D eigenvalue weighted by Gasteiger charge is 2.23. The third-order valence-corrected chi connectivity index (χ3v) is 8.11. The molecule has 0 spiro atoms. The topological polar surface area (TPSA) is 93.1 Å². The van der Waals surface area contributed by atoms with E-state index in [1.807, 2.05) is 18.2 Å². The highest BCUT2D eigenvalue weighted by atomic mass is 32.2. The van der Waals surface area contributed by atoms with E-state index in [1.165, 1.54) is 81.4 Å². The lowest BCUT2D eigenvalue weighted by molar-refractivity contribution is -0.142. The molecule has 0 bridgehead atoms. The first kappa shape index (κ1) is 33.4. The van der Waals surface area contributed by atoms with E-state index in [9.17, 15) is 19.5 Å². The fraction of sp³-hybridized carbons (Fsp3) is 0.531. The van der Waals surface area contributed by atoms with Crippen LogP contribution in [-0.4, -0.2) is 56.1 Å². The maximum Gasteiger partial charge on any atom is 0.325 e. The van der Waals surface area contributed by atoms with E-state index in [0.29, 0.717) is 30.7 Å². The third kappa shape index (κ3) is 12.1. The van der Waals surface area contributed by atoms with Gasteiger partial charge in [0.2, 0.25) is 6.41 Å². The number of hydrogen-bond donors (Lipinski definition) is 1. The standard InChI is InChI=1S/C32H45NO6S/c1-4-5-6-7-8-9-10-12-25-15-17-26(18-16-25)30(32(37)39-3)20-19-28(35)23-40-29-14-11-13-27(21-29)33(24-34)22-31(36)38-2/h11,13-18,21,24,28,30,35H,4-10,12,19-20,22-23H2,1-3H3. The van der Waals surface area contributed by atoms with Gasteiger partial charge in [-0.15, -0.1) is 11.8 Å². The number of rotatable bonds is 20. The van der Waals surface area contributed by atoms with Crippen molar-refractivity contribution in [1.82, 2.24) is 0 Å². The van der Waals surface area contributed by atoms with Crippen LogP contribution in [0.3, 0.4) is 0 Å². The lowest BCUT2D eigenvalue weighted by atomic mass is 9.92. The van der Waals surface area contributed by atoms with Crippen molar-refractivity contribution >= 4 is 35.8 Å². The lowest BCUT2D eigenvalue weighted by Gasteiger charge is -2.18. The Labute approximate surface area is 243 Å². The molecule has 2 rings (SSSR count). The van der Waals surface area contributed by atoms with Crippen LogP contribution in [0.25, 0.3) is 0 Å². The molecule has 0 aliphatic carbocycles. The SMILES string of the molecule is CCCCCCCCCc1ccc(C(CCC(O)CSc2cccc(N(C=O)CC(=O)OC)c2)C(=O)OC)cc1. The molecule has 8 heteroatoms. The Morgan fingerprint density at radius 3 is 2.30 bits per heavy atom. The van der Waals surface area contributed by atoms with Gasteiger partial charge in [-0.2, -0.15) is 0 Å².